The zero-order valence-electron chi connectivity index (χ0n) is 17.3. The summed E-state index contributed by atoms with van der Waals surface area (Å²) in [6.07, 6.45) is 1.43. The number of methoxy groups -OCH3 is 1. The largest absolute Gasteiger partial charge is 0.493 e. The second-order valence-electron chi connectivity index (χ2n) is 6.75. The second-order valence-corrected chi connectivity index (χ2v) is 7.16. The molecule has 0 spiro atoms. The van der Waals surface area contributed by atoms with E-state index in [0.717, 1.165) is 10.5 Å². The molecule has 1 saturated heterocycles. The van der Waals surface area contributed by atoms with Gasteiger partial charge >= 0.3 is 6.03 Å². The number of halogens is 1. The smallest absolute Gasteiger partial charge is 0.329 e. The first kappa shape index (κ1) is 22.2. The highest BCUT2D eigenvalue weighted by atomic mass is 35.5. The van der Waals surface area contributed by atoms with Gasteiger partial charge in [0.05, 0.1) is 18.7 Å². The van der Waals surface area contributed by atoms with E-state index < -0.39 is 24.4 Å². The van der Waals surface area contributed by atoms with Crippen LogP contribution in [0.15, 0.2) is 42.1 Å². The van der Waals surface area contributed by atoms with Gasteiger partial charge in [0.25, 0.3) is 5.91 Å². The number of rotatable bonds is 7. The molecule has 2 aromatic carbocycles. The number of ether oxygens (including phenoxy) is 2. The molecule has 0 aliphatic carbocycles. The summed E-state index contributed by atoms with van der Waals surface area (Å²) in [5, 5.41) is 5.46. The molecule has 2 N–H and O–H groups in total. The predicted octanol–water partition coefficient (Wildman–Crippen LogP) is 3.59. The van der Waals surface area contributed by atoms with Gasteiger partial charge < -0.3 is 20.1 Å². The minimum atomic E-state index is -0.690. The van der Waals surface area contributed by atoms with Crippen LogP contribution in [0.5, 0.6) is 11.5 Å². The number of nitrogens with one attached hydrogen (secondary N) is 2. The molecule has 0 atom stereocenters. The normalized spacial score (nSPS) is 14.6. The van der Waals surface area contributed by atoms with Crippen molar-refractivity contribution < 1.29 is 23.9 Å². The fourth-order valence-electron chi connectivity index (χ4n) is 3.03. The van der Waals surface area contributed by atoms with E-state index in [4.69, 9.17) is 21.1 Å². The van der Waals surface area contributed by atoms with Crippen molar-refractivity contribution in [2.75, 3.05) is 25.6 Å². The Morgan fingerprint density at radius 2 is 2.00 bits per heavy atom. The molecular weight excluding hydrogens is 422 g/mol. The molecule has 1 aliphatic rings. The first-order valence-corrected chi connectivity index (χ1v) is 9.91. The first-order valence-electron chi connectivity index (χ1n) is 9.53. The molecule has 4 amide bonds. The Morgan fingerprint density at radius 1 is 1.23 bits per heavy atom. The average molecular weight is 444 g/mol. The lowest BCUT2D eigenvalue weighted by Gasteiger charge is -2.12. The predicted molar refractivity (Wildman–Crippen MR) is 117 cm³/mol. The Balaban J connectivity index is 1.77. The van der Waals surface area contributed by atoms with E-state index in [-0.39, 0.29) is 5.70 Å². The van der Waals surface area contributed by atoms with Crippen molar-refractivity contribution >= 4 is 41.2 Å². The first-order chi connectivity index (χ1) is 14.8. The van der Waals surface area contributed by atoms with Crippen LogP contribution in [0.25, 0.3) is 6.08 Å². The number of hydrogen-bond acceptors (Lipinski definition) is 5. The molecule has 0 radical (unpaired) electrons. The number of urea groups is 1. The summed E-state index contributed by atoms with van der Waals surface area (Å²) in [6.45, 7) is 3.71. The van der Waals surface area contributed by atoms with Crippen molar-refractivity contribution in [3.05, 3.63) is 58.2 Å². The molecule has 0 saturated carbocycles. The van der Waals surface area contributed by atoms with Crippen LogP contribution in [-0.2, 0) is 9.59 Å². The minimum absolute atomic E-state index is 0.00266. The molecule has 9 heteroatoms. The Hall–Kier alpha value is -3.52. The van der Waals surface area contributed by atoms with Crippen molar-refractivity contribution in [3.8, 4) is 11.5 Å². The highest BCUT2D eigenvalue weighted by molar-refractivity contribution is 6.32. The van der Waals surface area contributed by atoms with Crippen LogP contribution in [-0.4, -0.2) is 43.0 Å². The number of carbonyl (C=O) groups excluding carboxylic acids is 3. The molecular formula is C22H22ClN3O5. The average Bonchev–Trinajstić information content (AvgIpc) is 2.97. The van der Waals surface area contributed by atoms with Gasteiger partial charge in [0.15, 0.2) is 11.5 Å². The Labute approximate surface area is 184 Å². The van der Waals surface area contributed by atoms with Crippen molar-refractivity contribution in [1.29, 1.82) is 0 Å². The van der Waals surface area contributed by atoms with Crippen LogP contribution in [0, 0.1) is 6.92 Å². The second kappa shape index (κ2) is 9.53. The van der Waals surface area contributed by atoms with Gasteiger partial charge in [-0.3, -0.25) is 9.59 Å². The summed E-state index contributed by atoms with van der Waals surface area (Å²) in [6, 6.07) is 9.70. The summed E-state index contributed by atoms with van der Waals surface area (Å²) in [4.78, 5) is 38.1. The Kier molecular flexibility index (Phi) is 6.81. The van der Waals surface area contributed by atoms with E-state index >= 15 is 0 Å². The SMILES string of the molecule is CCOc1cc(/C=C2/NC(=O)N(CC(=O)Nc3cccc(C)c3)C2=O)c(Cl)cc1OC. The molecule has 3 rings (SSSR count). The lowest BCUT2D eigenvalue weighted by molar-refractivity contribution is -0.127. The van der Waals surface area contributed by atoms with Crippen molar-refractivity contribution in [2.24, 2.45) is 0 Å². The number of aryl methyl sites for hydroxylation is 1. The maximum atomic E-state index is 12.7. The number of nitrogens with zero attached hydrogens (tertiary/aromatic N) is 1. The third-order valence-corrected chi connectivity index (χ3v) is 4.78. The number of anilines is 1. The molecule has 1 aliphatic heterocycles. The maximum absolute atomic E-state index is 12.7. The van der Waals surface area contributed by atoms with Gasteiger partial charge in [0, 0.05) is 11.8 Å². The summed E-state index contributed by atoms with van der Waals surface area (Å²) in [5.41, 5.74) is 2.02. The fourth-order valence-corrected chi connectivity index (χ4v) is 3.24. The zero-order chi connectivity index (χ0) is 22.5. The lowest BCUT2D eigenvalue weighted by Crippen LogP contribution is -2.38. The highest BCUT2D eigenvalue weighted by Crippen LogP contribution is 2.34. The van der Waals surface area contributed by atoms with Gasteiger partial charge in [-0.25, -0.2) is 9.69 Å². The molecule has 0 unspecified atom stereocenters. The number of hydrogen-bond donors (Lipinski definition) is 2. The van der Waals surface area contributed by atoms with Crippen LogP contribution in [0.1, 0.15) is 18.1 Å². The standard InChI is InChI=1S/C22H22ClN3O5/c1-4-31-19-10-14(16(23)11-18(19)30-3)9-17-21(28)26(22(29)25-17)12-20(27)24-15-7-5-6-13(2)8-15/h5-11H,4,12H2,1-3H3,(H,24,27)(H,25,29)/b17-9+. The fraction of sp³-hybridized carbons (Fsp3) is 0.227. The molecule has 2 aromatic rings. The zero-order valence-corrected chi connectivity index (χ0v) is 18.1. The van der Waals surface area contributed by atoms with Gasteiger partial charge in [-0.15, -0.1) is 0 Å². The minimum Gasteiger partial charge on any atom is -0.493 e. The van der Waals surface area contributed by atoms with Gasteiger partial charge in [-0.1, -0.05) is 23.7 Å². The Morgan fingerprint density at radius 3 is 2.68 bits per heavy atom. The summed E-state index contributed by atoms with van der Waals surface area (Å²) in [5.74, 6) is -0.219. The molecule has 162 valence electrons. The Bertz CT molecular complexity index is 1070. The third kappa shape index (κ3) is 5.16. The number of benzene rings is 2. The van der Waals surface area contributed by atoms with Crippen LogP contribution in [0.4, 0.5) is 10.5 Å². The molecule has 31 heavy (non-hydrogen) atoms. The summed E-state index contributed by atoms with van der Waals surface area (Å²) in [7, 11) is 1.49. The molecule has 1 fully saturated rings. The van der Waals surface area contributed by atoms with Crippen LogP contribution >= 0.6 is 11.6 Å². The van der Waals surface area contributed by atoms with Gasteiger partial charge in [0.1, 0.15) is 12.2 Å². The lowest BCUT2D eigenvalue weighted by atomic mass is 10.1. The molecule has 0 bridgehead atoms. The van der Waals surface area contributed by atoms with E-state index in [1.54, 1.807) is 30.3 Å². The van der Waals surface area contributed by atoms with Crippen LogP contribution in [0.3, 0.4) is 0 Å². The molecule has 8 nitrogen and oxygen atoms in total. The number of carbonyl (C=O) groups is 3. The number of imide groups is 1. The molecule has 1 heterocycles. The van der Waals surface area contributed by atoms with E-state index in [0.29, 0.717) is 34.4 Å². The monoisotopic (exact) mass is 443 g/mol. The number of amides is 4. The summed E-state index contributed by atoms with van der Waals surface area (Å²) >= 11 is 6.28. The van der Waals surface area contributed by atoms with Gasteiger partial charge in [0.2, 0.25) is 5.91 Å². The maximum Gasteiger partial charge on any atom is 0.329 e. The third-order valence-electron chi connectivity index (χ3n) is 4.45. The van der Waals surface area contributed by atoms with Crippen LogP contribution < -0.4 is 20.1 Å². The van der Waals surface area contributed by atoms with E-state index in [1.807, 2.05) is 19.9 Å². The van der Waals surface area contributed by atoms with Crippen molar-refractivity contribution in [1.82, 2.24) is 10.2 Å². The molecule has 0 aromatic heterocycles. The van der Waals surface area contributed by atoms with Crippen molar-refractivity contribution in [2.45, 2.75) is 13.8 Å². The van der Waals surface area contributed by atoms with Gasteiger partial charge in [-0.2, -0.15) is 0 Å². The van der Waals surface area contributed by atoms with Crippen molar-refractivity contribution in [3.63, 3.8) is 0 Å². The summed E-state index contributed by atoms with van der Waals surface area (Å²) < 4.78 is 10.8. The van der Waals surface area contributed by atoms with Gasteiger partial charge in [-0.05, 0) is 49.2 Å². The quantitative estimate of drug-likeness (QED) is 0.503. The topological polar surface area (TPSA) is 97.0 Å². The van der Waals surface area contributed by atoms with E-state index in [9.17, 15) is 14.4 Å². The van der Waals surface area contributed by atoms with E-state index in [2.05, 4.69) is 10.6 Å². The van der Waals surface area contributed by atoms with E-state index in [1.165, 1.54) is 13.2 Å². The van der Waals surface area contributed by atoms with Crippen LogP contribution in [0.2, 0.25) is 5.02 Å². The highest BCUT2D eigenvalue weighted by Gasteiger charge is 2.35.